The Bertz CT molecular complexity index is 313. The third-order valence-corrected chi connectivity index (χ3v) is 2.97. The molecule has 1 aromatic carbocycles. The highest BCUT2D eigenvalue weighted by molar-refractivity contribution is 5.57. The van der Waals surface area contributed by atoms with Crippen molar-refractivity contribution in [3.05, 3.63) is 29.3 Å². The maximum absolute atomic E-state index is 5.18. The summed E-state index contributed by atoms with van der Waals surface area (Å²) in [4.78, 5) is 0. The first-order valence-corrected chi connectivity index (χ1v) is 6.17. The Kier molecular flexibility index (Phi) is 6.01. The third-order valence-electron chi connectivity index (χ3n) is 2.97. The summed E-state index contributed by atoms with van der Waals surface area (Å²) in [5.74, 6) is 0. The standard InChI is InChI=1S/C14H23NO2/c1-5-11-8-7-9-12(6-2)14(11)15-10-13(16-3)17-4/h7-9,13,15H,5-6,10H2,1-4H3. The van der Waals surface area contributed by atoms with Gasteiger partial charge in [0.15, 0.2) is 6.29 Å². The van der Waals surface area contributed by atoms with Crippen LogP contribution in [0, 0.1) is 0 Å². The molecule has 0 fully saturated rings. The van der Waals surface area contributed by atoms with Crippen LogP contribution in [0.4, 0.5) is 5.69 Å². The number of aryl methyl sites for hydroxylation is 2. The van der Waals surface area contributed by atoms with Crippen molar-refractivity contribution in [1.82, 2.24) is 0 Å². The van der Waals surface area contributed by atoms with Crippen LogP contribution in [0.3, 0.4) is 0 Å². The van der Waals surface area contributed by atoms with E-state index in [1.807, 2.05) is 0 Å². The van der Waals surface area contributed by atoms with Crippen molar-refractivity contribution in [3.8, 4) is 0 Å². The van der Waals surface area contributed by atoms with Crippen molar-refractivity contribution >= 4 is 5.69 Å². The summed E-state index contributed by atoms with van der Waals surface area (Å²) in [5, 5.41) is 3.44. The summed E-state index contributed by atoms with van der Waals surface area (Å²) in [5.41, 5.74) is 3.92. The van der Waals surface area contributed by atoms with Crippen molar-refractivity contribution in [2.45, 2.75) is 33.0 Å². The molecule has 0 aliphatic rings. The van der Waals surface area contributed by atoms with Gasteiger partial charge in [-0.15, -0.1) is 0 Å². The van der Waals surface area contributed by atoms with E-state index in [1.54, 1.807) is 14.2 Å². The lowest BCUT2D eigenvalue weighted by molar-refractivity contribution is -0.0914. The molecular formula is C14H23NO2. The van der Waals surface area contributed by atoms with Crippen LogP contribution in [-0.2, 0) is 22.3 Å². The molecule has 96 valence electrons. The SMILES string of the molecule is CCc1cccc(CC)c1NCC(OC)OC. The number of hydrogen-bond donors (Lipinski definition) is 1. The van der Waals surface area contributed by atoms with Crippen LogP contribution in [0.25, 0.3) is 0 Å². The first-order chi connectivity index (χ1) is 8.26. The number of rotatable bonds is 7. The van der Waals surface area contributed by atoms with Crippen LogP contribution >= 0.6 is 0 Å². The van der Waals surface area contributed by atoms with Crippen molar-refractivity contribution in [1.29, 1.82) is 0 Å². The molecule has 17 heavy (non-hydrogen) atoms. The minimum Gasteiger partial charge on any atom is -0.379 e. The zero-order valence-electron chi connectivity index (χ0n) is 11.2. The summed E-state index contributed by atoms with van der Waals surface area (Å²) >= 11 is 0. The van der Waals surface area contributed by atoms with E-state index in [-0.39, 0.29) is 6.29 Å². The molecule has 1 rings (SSSR count). The van der Waals surface area contributed by atoms with Crippen molar-refractivity contribution in [2.24, 2.45) is 0 Å². The molecule has 0 saturated heterocycles. The molecule has 0 spiro atoms. The van der Waals surface area contributed by atoms with Gasteiger partial charge in [-0.25, -0.2) is 0 Å². The Morgan fingerprint density at radius 1 is 1.06 bits per heavy atom. The molecule has 1 aromatic rings. The number of ether oxygens (including phenoxy) is 2. The van der Waals surface area contributed by atoms with E-state index in [0.29, 0.717) is 6.54 Å². The van der Waals surface area contributed by atoms with E-state index in [0.717, 1.165) is 12.8 Å². The molecule has 0 saturated carbocycles. The van der Waals surface area contributed by atoms with E-state index >= 15 is 0 Å². The quantitative estimate of drug-likeness (QED) is 0.740. The Morgan fingerprint density at radius 3 is 2.00 bits per heavy atom. The van der Waals surface area contributed by atoms with Gasteiger partial charge in [0, 0.05) is 19.9 Å². The number of hydrogen-bond acceptors (Lipinski definition) is 3. The largest absolute Gasteiger partial charge is 0.379 e. The first-order valence-electron chi connectivity index (χ1n) is 6.17. The average Bonchev–Trinajstić information content (AvgIpc) is 2.39. The highest BCUT2D eigenvalue weighted by Crippen LogP contribution is 2.22. The van der Waals surface area contributed by atoms with Crippen LogP contribution in [0.5, 0.6) is 0 Å². The van der Waals surface area contributed by atoms with E-state index in [4.69, 9.17) is 9.47 Å². The second-order valence-electron chi connectivity index (χ2n) is 3.94. The van der Waals surface area contributed by atoms with Crippen LogP contribution in [0.1, 0.15) is 25.0 Å². The highest BCUT2D eigenvalue weighted by Gasteiger charge is 2.09. The van der Waals surface area contributed by atoms with Gasteiger partial charge in [0.1, 0.15) is 0 Å². The third kappa shape index (κ3) is 3.72. The predicted octanol–water partition coefficient (Wildman–Crippen LogP) is 2.84. The summed E-state index contributed by atoms with van der Waals surface area (Å²) in [7, 11) is 3.31. The monoisotopic (exact) mass is 237 g/mol. The van der Waals surface area contributed by atoms with Crippen molar-refractivity contribution in [2.75, 3.05) is 26.1 Å². The van der Waals surface area contributed by atoms with Gasteiger partial charge in [-0.05, 0) is 24.0 Å². The van der Waals surface area contributed by atoms with Gasteiger partial charge in [0.05, 0.1) is 6.54 Å². The van der Waals surface area contributed by atoms with Gasteiger partial charge >= 0.3 is 0 Å². The number of nitrogens with one attached hydrogen (secondary N) is 1. The minimum atomic E-state index is -0.204. The fraction of sp³-hybridized carbons (Fsp3) is 0.571. The average molecular weight is 237 g/mol. The molecule has 3 nitrogen and oxygen atoms in total. The Morgan fingerprint density at radius 2 is 1.59 bits per heavy atom. The fourth-order valence-electron chi connectivity index (χ4n) is 1.92. The second kappa shape index (κ2) is 7.30. The Balaban J connectivity index is 2.80. The van der Waals surface area contributed by atoms with E-state index < -0.39 is 0 Å². The Hall–Kier alpha value is -1.06. The van der Waals surface area contributed by atoms with Gasteiger partial charge in [0.2, 0.25) is 0 Å². The lowest BCUT2D eigenvalue weighted by Crippen LogP contribution is -2.24. The van der Waals surface area contributed by atoms with Gasteiger partial charge in [-0.3, -0.25) is 0 Å². The summed E-state index contributed by atoms with van der Waals surface area (Å²) in [6.45, 7) is 5.01. The fourth-order valence-corrected chi connectivity index (χ4v) is 1.92. The summed E-state index contributed by atoms with van der Waals surface area (Å²) in [6.07, 6.45) is 1.85. The smallest absolute Gasteiger partial charge is 0.173 e. The molecule has 0 aromatic heterocycles. The van der Waals surface area contributed by atoms with Crippen LogP contribution in [0.15, 0.2) is 18.2 Å². The summed E-state index contributed by atoms with van der Waals surface area (Å²) < 4.78 is 10.4. The topological polar surface area (TPSA) is 30.5 Å². The predicted molar refractivity (Wildman–Crippen MR) is 71.5 cm³/mol. The molecule has 0 amide bonds. The number of benzene rings is 1. The van der Waals surface area contributed by atoms with Crippen LogP contribution < -0.4 is 5.32 Å². The molecule has 0 aliphatic heterocycles. The number of anilines is 1. The van der Waals surface area contributed by atoms with Crippen LogP contribution in [-0.4, -0.2) is 27.1 Å². The van der Waals surface area contributed by atoms with Gasteiger partial charge in [-0.2, -0.15) is 0 Å². The number of para-hydroxylation sites is 1. The van der Waals surface area contributed by atoms with Gasteiger partial charge < -0.3 is 14.8 Å². The maximum atomic E-state index is 5.18. The van der Waals surface area contributed by atoms with Crippen LogP contribution in [0.2, 0.25) is 0 Å². The summed E-state index contributed by atoms with van der Waals surface area (Å²) in [6, 6.07) is 6.44. The molecule has 1 N–H and O–H groups in total. The van der Waals surface area contributed by atoms with E-state index in [1.165, 1.54) is 16.8 Å². The van der Waals surface area contributed by atoms with E-state index in [9.17, 15) is 0 Å². The zero-order valence-corrected chi connectivity index (χ0v) is 11.2. The molecule has 0 radical (unpaired) electrons. The normalized spacial score (nSPS) is 10.9. The lowest BCUT2D eigenvalue weighted by atomic mass is 10.0. The lowest BCUT2D eigenvalue weighted by Gasteiger charge is -2.19. The number of methoxy groups -OCH3 is 2. The Labute approximate surface area is 104 Å². The molecule has 3 heteroatoms. The minimum absolute atomic E-state index is 0.204. The molecule has 0 aliphatic carbocycles. The van der Waals surface area contributed by atoms with Crippen molar-refractivity contribution in [3.63, 3.8) is 0 Å². The molecule has 0 bridgehead atoms. The molecule has 0 unspecified atom stereocenters. The molecular weight excluding hydrogens is 214 g/mol. The molecule has 0 atom stereocenters. The molecule has 0 heterocycles. The van der Waals surface area contributed by atoms with Crippen molar-refractivity contribution < 1.29 is 9.47 Å². The van der Waals surface area contributed by atoms with E-state index in [2.05, 4.69) is 37.4 Å². The van der Waals surface area contributed by atoms with Gasteiger partial charge in [-0.1, -0.05) is 32.0 Å². The zero-order chi connectivity index (χ0) is 12.7. The second-order valence-corrected chi connectivity index (χ2v) is 3.94. The first kappa shape index (κ1) is 14.0. The highest BCUT2D eigenvalue weighted by atomic mass is 16.7. The van der Waals surface area contributed by atoms with Gasteiger partial charge in [0.25, 0.3) is 0 Å². The maximum Gasteiger partial charge on any atom is 0.173 e.